The van der Waals surface area contributed by atoms with Crippen molar-refractivity contribution < 1.29 is 23.9 Å². The molecule has 0 atom stereocenters. The Morgan fingerprint density at radius 3 is 2.83 bits per heavy atom. The van der Waals surface area contributed by atoms with E-state index in [4.69, 9.17) is 4.74 Å². The molecule has 1 fully saturated rings. The van der Waals surface area contributed by atoms with Crippen LogP contribution in [0.1, 0.15) is 18.5 Å². The number of rotatable bonds is 7. The van der Waals surface area contributed by atoms with Gasteiger partial charge in [-0.05, 0) is 6.42 Å². The van der Waals surface area contributed by atoms with Crippen molar-refractivity contribution in [1.82, 2.24) is 15.6 Å². The van der Waals surface area contributed by atoms with Crippen molar-refractivity contribution in [1.29, 1.82) is 0 Å². The van der Waals surface area contributed by atoms with Crippen molar-refractivity contribution in [2.45, 2.75) is 19.3 Å². The summed E-state index contributed by atoms with van der Waals surface area (Å²) in [4.78, 5) is 51.6. The Balaban J connectivity index is 1.74. The van der Waals surface area contributed by atoms with Crippen molar-refractivity contribution >= 4 is 40.2 Å². The van der Waals surface area contributed by atoms with Crippen LogP contribution in [-0.4, -0.2) is 55.4 Å². The highest BCUT2D eigenvalue weighted by atomic mass is 32.1. The first-order valence-electron chi connectivity index (χ1n) is 7.37. The Kier molecular flexibility index (Phi) is 6.24. The number of ether oxygens (including phenoxy) is 1. The van der Waals surface area contributed by atoms with Gasteiger partial charge in [0, 0.05) is 25.4 Å². The third kappa shape index (κ3) is 5.01. The van der Waals surface area contributed by atoms with Crippen molar-refractivity contribution in [3.63, 3.8) is 0 Å². The summed E-state index contributed by atoms with van der Waals surface area (Å²) in [7, 11) is 1.45. The molecule has 3 amide bonds. The molecule has 24 heavy (non-hydrogen) atoms. The normalized spacial score (nSPS) is 13.7. The number of carbonyl (C=O) groups is 4. The molecule has 0 bridgehead atoms. The van der Waals surface area contributed by atoms with Gasteiger partial charge in [0.05, 0.1) is 18.7 Å². The maximum atomic E-state index is 11.7. The Hall–Kier alpha value is -2.49. The number of hydrogen-bond donors (Lipinski definition) is 2. The number of amides is 3. The summed E-state index contributed by atoms with van der Waals surface area (Å²) in [5.41, 5.74) is 0.491. The molecule has 0 radical (unpaired) electrons. The Morgan fingerprint density at radius 2 is 2.17 bits per heavy atom. The van der Waals surface area contributed by atoms with Gasteiger partial charge in [-0.15, -0.1) is 11.3 Å². The second kappa shape index (κ2) is 8.39. The van der Waals surface area contributed by atoms with E-state index in [0.717, 1.165) is 6.42 Å². The zero-order chi connectivity index (χ0) is 17.5. The van der Waals surface area contributed by atoms with Gasteiger partial charge in [-0.3, -0.25) is 24.1 Å². The molecule has 130 valence electrons. The van der Waals surface area contributed by atoms with E-state index in [2.05, 4.69) is 15.6 Å². The molecule has 10 heteroatoms. The summed E-state index contributed by atoms with van der Waals surface area (Å²) in [5.74, 6) is -1.48. The maximum absolute atomic E-state index is 11.7. The van der Waals surface area contributed by atoms with Crippen LogP contribution in [-0.2, 0) is 30.3 Å². The quantitative estimate of drug-likeness (QED) is 0.620. The van der Waals surface area contributed by atoms with E-state index in [1.165, 1.54) is 18.4 Å². The van der Waals surface area contributed by atoms with E-state index in [1.807, 2.05) is 0 Å². The number of carbonyl (C=O) groups excluding carboxylic acids is 4. The zero-order valence-electron chi connectivity index (χ0n) is 13.2. The Labute approximate surface area is 142 Å². The van der Waals surface area contributed by atoms with Gasteiger partial charge in [-0.1, -0.05) is 0 Å². The minimum absolute atomic E-state index is 0.0336. The third-order valence-corrected chi connectivity index (χ3v) is 4.17. The maximum Gasteiger partial charge on any atom is 0.312 e. The molecule has 2 N–H and O–H groups in total. The highest BCUT2D eigenvalue weighted by Crippen LogP contribution is 2.25. The van der Waals surface area contributed by atoms with Crippen LogP contribution in [0.3, 0.4) is 0 Å². The van der Waals surface area contributed by atoms with Crippen LogP contribution in [0.2, 0.25) is 0 Å². The van der Waals surface area contributed by atoms with Gasteiger partial charge in [0.25, 0.3) is 5.91 Å². The molecule has 0 aliphatic carbocycles. The van der Waals surface area contributed by atoms with Gasteiger partial charge in [0.1, 0.15) is 0 Å². The van der Waals surface area contributed by atoms with Crippen molar-refractivity contribution in [3.05, 3.63) is 11.1 Å². The van der Waals surface area contributed by atoms with Crippen LogP contribution >= 0.6 is 11.3 Å². The number of hydrogen-bond acceptors (Lipinski definition) is 7. The van der Waals surface area contributed by atoms with E-state index < -0.39 is 18.5 Å². The minimum Gasteiger partial charge on any atom is -0.455 e. The van der Waals surface area contributed by atoms with Gasteiger partial charge in [-0.25, -0.2) is 4.98 Å². The summed E-state index contributed by atoms with van der Waals surface area (Å²) in [6, 6.07) is 0. The Bertz CT molecular complexity index is 645. The number of nitrogens with one attached hydrogen (secondary N) is 2. The molecule has 0 aromatic carbocycles. The zero-order valence-corrected chi connectivity index (χ0v) is 14.0. The SMILES string of the molecule is CNC(=O)CNC(=O)COC(=O)Cc1csc(N2CCCC2=O)n1. The standard InChI is InChI=1S/C14H18N4O5S/c1-15-10(19)6-16-11(20)7-23-13(22)5-9-8-24-14(17-9)18-4-2-3-12(18)21/h8H,2-7H2,1H3,(H,15,19)(H,16,20). The van der Waals surface area contributed by atoms with E-state index in [1.54, 1.807) is 10.3 Å². The lowest BCUT2D eigenvalue weighted by Gasteiger charge is -2.10. The first kappa shape index (κ1) is 17.9. The van der Waals surface area contributed by atoms with Crippen LogP contribution in [0.5, 0.6) is 0 Å². The summed E-state index contributed by atoms with van der Waals surface area (Å²) < 4.78 is 4.83. The van der Waals surface area contributed by atoms with Gasteiger partial charge >= 0.3 is 5.97 Å². The summed E-state index contributed by atoms with van der Waals surface area (Å²) in [6.07, 6.45) is 1.24. The molecule has 2 rings (SSSR count). The molecule has 1 aromatic heterocycles. The largest absolute Gasteiger partial charge is 0.455 e. The van der Waals surface area contributed by atoms with Crippen LogP contribution < -0.4 is 15.5 Å². The van der Waals surface area contributed by atoms with Crippen LogP contribution in [0, 0.1) is 0 Å². The summed E-state index contributed by atoms with van der Waals surface area (Å²) in [6.45, 7) is 0.00533. The van der Waals surface area contributed by atoms with Crippen molar-refractivity contribution in [3.8, 4) is 0 Å². The fourth-order valence-corrected chi connectivity index (χ4v) is 2.88. The van der Waals surface area contributed by atoms with Crippen LogP contribution in [0.25, 0.3) is 0 Å². The molecule has 2 heterocycles. The van der Waals surface area contributed by atoms with Gasteiger partial charge in [0.15, 0.2) is 11.7 Å². The molecule has 1 saturated heterocycles. The first-order chi connectivity index (χ1) is 11.5. The highest BCUT2D eigenvalue weighted by Gasteiger charge is 2.24. The van der Waals surface area contributed by atoms with Gasteiger partial charge in [-0.2, -0.15) is 0 Å². The molecule has 1 aromatic rings. The summed E-state index contributed by atoms with van der Waals surface area (Å²) >= 11 is 1.29. The number of thiazole rings is 1. The molecular formula is C14H18N4O5S. The molecule has 0 spiro atoms. The fraction of sp³-hybridized carbons (Fsp3) is 0.500. The topological polar surface area (TPSA) is 118 Å². The van der Waals surface area contributed by atoms with Gasteiger partial charge in [0.2, 0.25) is 11.8 Å². The lowest BCUT2D eigenvalue weighted by molar-refractivity contribution is -0.148. The lowest BCUT2D eigenvalue weighted by Crippen LogP contribution is -2.37. The van der Waals surface area contributed by atoms with E-state index in [-0.39, 0.29) is 24.8 Å². The number of aromatic nitrogens is 1. The molecule has 1 aliphatic heterocycles. The molecular weight excluding hydrogens is 336 g/mol. The number of anilines is 1. The van der Waals surface area contributed by atoms with Crippen LogP contribution in [0.15, 0.2) is 5.38 Å². The smallest absolute Gasteiger partial charge is 0.312 e. The minimum atomic E-state index is -0.602. The molecule has 9 nitrogen and oxygen atoms in total. The third-order valence-electron chi connectivity index (χ3n) is 3.26. The highest BCUT2D eigenvalue weighted by molar-refractivity contribution is 7.14. The first-order valence-corrected chi connectivity index (χ1v) is 8.25. The summed E-state index contributed by atoms with van der Waals surface area (Å²) in [5, 5.41) is 6.92. The lowest BCUT2D eigenvalue weighted by atomic mass is 10.3. The van der Waals surface area contributed by atoms with Crippen LogP contribution in [0.4, 0.5) is 5.13 Å². The second-order valence-corrected chi connectivity index (χ2v) is 5.89. The molecule has 0 unspecified atom stereocenters. The number of nitrogens with zero attached hydrogens (tertiary/aromatic N) is 2. The molecule has 0 saturated carbocycles. The van der Waals surface area contributed by atoms with E-state index in [0.29, 0.717) is 23.8 Å². The second-order valence-electron chi connectivity index (χ2n) is 5.06. The van der Waals surface area contributed by atoms with E-state index in [9.17, 15) is 19.2 Å². The van der Waals surface area contributed by atoms with Crippen molar-refractivity contribution in [2.24, 2.45) is 0 Å². The average Bonchev–Trinajstić information content (AvgIpc) is 3.19. The van der Waals surface area contributed by atoms with Crippen molar-refractivity contribution in [2.75, 3.05) is 31.6 Å². The molecule has 1 aliphatic rings. The van der Waals surface area contributed by atoms with E-state index >= 15 is 0 Å². The fourth-order valence-electron chi connectivity index (χ4n) is 2.02. The predicted octanol–water partition coefficient (Wildman–Crippen LogP) is -0.782. The Morgan fingerprint density at radius 1 is 1.38 bits per heavy atom. The average molecular weight is 354 g/mol. The number of likely N-dealkylation sites (N-methyl/N-ethyl adjacent to an activating group) is 1. The monoisotopic (exact) mass is 354 g/mol. The van der Waals surface area contributed by atoms with Gasteiger partial charge < -0.3 is 15.4 Å². The predicted molar refractivity (Wildman–Crippen MR) is 85.4 cm³/mol. The number of esters is 1.